The summed E-state index contributed by atoms with van der Waals surface area (Å²) in [5, 5.41) is 8.85. The Kier molecular flexibility index (Phi) is 5.44. The van der Waals surface area contributed by atoms with E-state index in [-0.39, 0.29) is 0 Å². The number of nitriles is 1. The molecule has 17 heavy (non-hydrogen) atoms. The van der Waals surface area contributed by atoms with Crippen molar-refractivity contribution in [3.8, 4) is 6.07 Å². The molecule has 0 aliphatic carbocycles. The summed E-state index contributed by atoms with van der Waals surface area (Å²) < 4.78 is 0. The van der Waals surface area contributed by atoms with Crippen molar-refractivity contribution in [2.24, 2.45) is 0 Å². The summed E-state index contributed by atoms with van der Waals surface area (Å²) in [6.07, 6.45) is 1.08. The zero-order valence-electron chi connectivity index (χ0n) is 10.8. The van der Waals surface area contributed by atoms with Gasteiger partial charge in [0, 0.05) is 19.6 Å². The molecule has 0 aromatic carbocycles. The minimum atomic E-state index is 0.480. The molecule has 0 bridgehead atoms. The second-order valence-corrected chi connectivity index (χ2v) is 4.28. The van der Waals surface area contributed by atoms with Crippen LogP contribution in [0.5, 0.6) is 0 Å². The van der Waals surface area contributed by atoms with Gasteiger partial charge < -0.3 is 9.80 Å². The molecule has 0 saturated carbocycles. The van der Waals surface area contributed by atoms with E-state index in [1.807, 2.05) is 12.1 Å². The van der Waals surface area contributed by atoms with E-state index in [4.69, 9.17) is 5.26 Å². The molecule has 92 valence electrons. The summed E-state index contributed by atoms with van der Waals surface area (Å²) in [7, 11) is 4.12. The fourth-order valence-electron chi connectivity index (χ4n) is 1.59. The van der Waals surface area contributed by atoms with Crippen LogP contribution in [0.1, 0.15) is 19.0 Å². The van der Waals surface area contributed by atoms with Crippen LogP contribution in [0.15, 0.2) is 18.2 Å². The largest absolute Gasteiger partial charge is 0.355 e. The van der Waals surface area contributed by atoms with Crippen molar-refractivity contribution in [1.29, 1.82) is 5.26 Å². The fraction of sp³-hybridized carbons (Fsp3) is 0.538. The lowest BCUT2D eigenvalue weighted by Gasteiger charge is -2.24. The number of rotatable bonds is 6. The van der Waals surface area contributed by atoms with Crippen molar-refractivity contribution < 1.29 is 0 Å². The predicted octanol–water partition coefficient (Wildman–Crippen LogP) is 1.73. The Balaban J connectivity index is 2.77. The van der Waals surface area contributed by atoms with Gasteiger partial charge in [-0.25, -0.2) is 4.98 Å². The zero-order chi connectivity index (χ0) is 12.7. The Morgan fingerprint density at radius 3 is 2.59 bits per heavy atom. The van der Waals surface area contributed by atoms with E-state index in [1.165, 1.54) is 0 Å². The van der Waals surface area contributed by atoms with E-state index in [9.17, 15) is 0 Å². The molecule has 0 fully saturated rings. The quantitative estimate of drug-likeness (QED) is 0.749. The second-order valence-electron chi connectivity index (χ2n) is 4.28. The average molecular weight is 232 g/mol. The summed E-state index contributed by atoms with van der Waals surface area (Å²) in [6, 6.07) is 7.67. The zero-order valence-corrected chi connectivity index (χ0v) is 10.8. The highest BCUT2D eigenvalue weighted by Gasteiger charge is 2.07. The van der Waals surface area contributed by atoms with Gasteiger partial charge in [-0.1, -0.05) is 13.0 Å². The van der Waals surface area contributed by atoms with Crippen molar-refractivity contribution in [2.75, 3.05) is 38.6 Å². The van der Waals surface area contributed by atoms with Crippen LogP contribution in [-0.4, -0.2) is 43.6 Å². The number of pyridine rings is 1. The monoisotopic (exact) mass is 232 g/mol. The van der Waals surface area contributed by atoms with Gasteiger partial charge in [0.05, 0.1) is 0 Å². The van der Waals surface area contributed by atoms with Gasteiger partial charge >= 0.3 is 0 Å². The van der Waals surface area contributed by atoms with Crippen molar-refractivity contribution in [2.45, 2.75) is 13.3 Å². The first-order valence-corrected chi connectivity index (χ1v) is 5.94. The lowest BCUT2D eigenvalue weighted by Crippen LogP contribution is -2.33. The third-order valence-corrected chi connectivity index (χ3v) is 2.48. The van der Waals surface area contributed by atoms with Gasteiger partial charge in [-0.15, -0.1) is 0 Å². The molecule has 0 unspecified atom stereocenters. The van der Waals surface area contributed by atoms with Crippen LogP contribution in [0.3, 0.4) is 0 Å². The van der Waals surface area contributed by atoms with E-state index in [0.29, 0.717) is 5.69 Å². The topological polar surface area (TPSA) is 43.2 Å². The summed E-state index contributed by atoms with van der Waals surface area (Å²) in [6.45, 7) is 5.04. The lowest BCUT2D eigenvalue weighted by atomic mass is 10.3. The minimum Gasteiger partial charge on any atom is -0.355 e. The normalized spacial score (nSPS) is 10.3. The molecule has 1 heterocycles. The third-order valence-electron chi connectivity index (χ3n) is 2.48. The van der Waals surface area contributed by atoms with Crippen LogP contribution in [0, 0.1) is 11.3 Å². The molecular formula is C13H20N4. The highest BCUT2D eigenvalue weighted by molar-refractivity contribution is 5.41. The number of hydrogen-bond acceptors (Lipinski definition) is 4. The Bertz CT molecular complexity index is 381. The Labute approximate surface area is 103 Å². The molecule has 4 heteroatoms. The number of aromatic nitrogens is 1. The molecule has 1 rings (SSSR count). The van der Waals surface area contributed by atoms with Crippen LogP contribution in [0.4, 0.5) is 5.82 Å². The molecule has 1 aromatic heterocycles. The maximum atomic E-state index is 8.85. The van der Waals surface area contributed by atoms with Crippen LogP contribution in [-0.2, 0) is 0 Å². The molecule has 0 aliphatic rings. The van der Waals surface area contributed by atoms with Gasteiger partial charge in [0.25, 0.3) is 0 Å². The van der Waals surface area contributed by atoms with E-state index < -0.39 is 0 Å². The lowest BCUT2D eigenvalue weighted by molar-refractivity contribution is 0.412. The van der Waals surface area contributed by atoms with Crippen LogP contribution in [0.2, 0.25) is 0 Å². The first-order chi connectivity index (χ1) is 8.17. The van der Waals surface area contributed by atoms with E-state index in [1.54, 1.807) is 6.07 Å². The van der Waals surface area contributed by atoms with Gasteiger partial charge in [0.2, 0.25) is 0 Å². The van der Waals surface area contributed by atoms with E-state index in [0.717, 1.165) is 31.9 Å². The molecule has 0 amide bonds. The summed E-state index contributed by atoms with van der Waals surface area (Å²) >= 11 is 0. The first kappa shape index (κ1) is 13.5. The molecule has 0 radical (unpaired) electrons. The summed E-state index contributed by atoms with van der Waals surface area (Å²) in [5.74, 6) is 0.896. The number of anilines is 1. The van der Waals surface area contributed by atoms with Crippen molar-refractivity contribution in [1.82, 2.24) is 9.88 Å². The Morgan fingerprint density at radius 1 is 1.24 bits per heavy atom. The van der Waals surface area contributed by atoms with Crippen LogP contribution >= 0.6 is 0 Å². The molecule has 0 spiro atoms. The molecular weight excluding hydrogens is 212 g/mol. The third kappa shape index (κ3) is 4.41. The van der Waals surface area contributed by atoms with Gasteiger partial charge in [-0.2, -0.15) is 5.26 Å². The minimum absolute atomic E-state index is 0.480. The van der Waals surface area contributed by atoms with Gasteiger partial charge in [-0.05, 0) is 32.6 Å². The van der Waals surface area contributed by atoms with E-state index in [2.05, 4.69) is 41.9 Å². The summed E-state index contributed by atoms with van der Waals surface area (Å²) in [4.78, 5) is 8.71. The molecule has 0 saturated heterocycles. The maximum Gasteiger partial charge on any atom is 0.142 e. The fourth-order valence-corrected chi connectivity index (χ4v) is 1.59. The molecule has 4 nitrogen and oxygen atoms in total. The number of hydrogen-bond donors (Lipinski definition) is 0. The Hall–Kier alpha value is -1.60. The van der Waals surface area contributed by atoms with Crippen molar-refractivity contribution in [3.05, 3.63) is 23.9 Å². The van der Waals surface area contributed by atoms with Gasteiger partial charge in [0.15, 0.2) is 0 Å². The molecule has 0 atom stereocenters. The average Bonchev–Trinajstić information content (AvgIpc) is 2.34. The Morgan fingerprint density at radius 2 is 2.00 bits per heavy atom. The molecule has 0 N–H and O–H groups in total. The van der Waals surface area contributed by atoms with Crippen molar-refractivity contribution >= 4 is 5.82 Å². The highest BCUT2D eigenvalue weighted by Crippen LogP contribution is 2.11. The first-order valence-electron chi connectivity index (χ1n) is 5.94. The number of nitrogens with zero attached hydrogens (tertiary/aromatic N) is 4. The van der Waals surface area contributed by atoms with Crippen LogP contribution < -0.4 is 4.90 Å². The standard InChI is InChI=1S/C13H20N4/c1-4-8-17(10-9-16(2)3)13-7-5-6-12(11-14)15-13/h5-7H,4,8-10H2,1-3H3. The van der Waals surface area contributed by atoms with E-state index >= 15 is 0 Å². The SMILES string of the molecule is CCCN(CCN(C)C)c1cccc(C#N)n1. The second kappa shape index (κ2) is 6.87. The predicted molar refractivity (Wildman–Crippen MR) is 70.0 cm³/mol. The van der Waals surface area contributed by atoms with Gasteiger partial charge in [0.1, 0.15) is 17.6 Å². The highest BCUT2D eigenvalue weighted by atomic mass is 15.2. The summed E-state index contributed by atoms with van der Waals surface area (Å²) in [5.41, 5.74) is 0.480. The van der Waals surface area contributed by atoms with Gasteiger partial charge in [-0.3, -0.25) is 0 Å². The maximum absolute atomic E-state index is 8.85. The van der Waals surface area contributed by atoms with Crippen LogP contribution in [0.25, 0.3) is 0 Å². The molecule has 0 aliphatic heterocycles. The molecule has 1 aromatic rings. The van der Waals surface area contributed by atoms with Crippen molar-refractivity contribution in [3.63, 3.8) is 0 Å². The number of likely N-dealkylation sites (N-methyl/N-ethyl adjacent to an activating group) is 1. The smallest absolute Gasteiger partial charge is 0.142 e.